The third-order valence-electron chi connectivity index (χ3n) is 2.98. The summed E-state index contributed by atoms with van der Waals surface area (Å²) in [5.41, 5.74) is 12.6. The molecule has 3 nitrogen and oxygen atoms in total. The molecule has 0 saturated carbocycles. The minimum atomic E-state index is 0.0199. The molecule has 0 aromatic heterocycles. The fourth-order valence-electron chi connectivity index (χ4n) is 1.95. The van der Waals surface area contributed by atoms with E-state index in [9.17, 15) is 0 Å². The number of rotatable bonds is 4. The minimum absolute atomic E-state index is 0.0199. The van der Waals surface area contributed by atoms with E-state index < -0.39 is 0 Å². The number of anilines is 1. The zero-order valence-corrected chi connectivity index (χ0v) is 10.1. The molecule has 0 aliphatic carbocycles. The van der Waals surface area contributed by atoms with Gasteiger partial charge in [0, 0.05) is 31.9 Å². The highest BCUT2D eigenvalue weighted by Crippen LogP contribution is 2.21. The van der Waals surface area contributed by atoms with E-state index in [-0.39, 0.29) is 6.04 Å². The molecule has 90 valence electrons. The normalized spacial score (nSPS) is 12.6. The molecule has 17 heavy (non-hydrogen) atoms. The van der Waals surface area contributed by atoms with E-state index in [0.717, 1.165) is 6.54 Å². The Balaban J connectivity index is 2.23. The van der Waals surface area contributed by atoms with E-state index >= 15 is 0 Å². The standard InChI is InChI=1S/C14H19N3/c1-17(10-13(16)9-15)14-7-6-11-4-2-3-5-12(11)8-14/h2-8,13H,9-10,15-16H2,1H3. The molecular formula is C14H19N3. The highest BCUT2D eigenvalue weighted by atomic mass is 15.1. The number of nitrogens with zero attached hydrogens (tertiary/aromatic N) is 1. The van der Waals surface area contributed by atoms with E-state index in [0.29, 0.717) is 6.54 Å². The zero-order valence-electron chi connectivity index (χ0n) is 10.1. The predicted octanol–water partition coefficient (Wildman–Crippen LogP) is 1.56. The Kier molecular flexibility index (Phi) is 3.61. The molecule has 0 radical (unpaired) electrons. The number of hydrogen-bond acceptors (Lipinski definition) is 3. The Morgan fingerprint density at radius 2 is 1.82 bits per heavy atom. The lowest BCUT2D eigenvalue weighted by atomic mass is 10.1. The van der Waals surface area contributed by atoms with Crippen LogP contribution in [0.4, 0.5) is 5.69 Å². The van der Waals surface area contributed by atoms with Crippen LogP contribution in [0.1, 0.15) is 0 Å². The maximum absolute atomic E-state index is 5.86. The predicted molar refractivity (Wildman–Crippen MR) is 74.2 cm³/mol. The van der Waals surface area contributed by atoms with Crippen molar-refractivity contribution in [3.05, 3.63) is 42.5 Å². The Hall–Kier alpha value is -1.58. The molecule has 0 aliphatic rings. The van der Waals surface area contributed by atoms with Gasteiger partial charge in [0.15, 0.2) is 0 Å². The lowest BCUT2D eigenvalue weighted by molar-refractivity contribution is 0.668. The van der Waals surface area contributed by atoms with E-state index in [4.69, 9.17) is 11.5 Å². The van der Waals surface area contributed by atoms with Crippen LogP contribution in [0.2, 0.25) is 0 Å². The fraction of sp³-hybridized carbons (Fsp3) is 0.286. The number of fused-ring (bicyclic) bond motifs is 1. The molecule has 2 aromatic rings. The lowest BCUT2D eigenvalue weighted by Crippen LogP contribution is -2.40. The summed E-state index contributed by atoms with van der Waals surface area (Å²) in [6, 6.07) is 14.8. The van der Waals surface area contributed by atoms with Crippen LogP contribution in [-0.4, -0.2) is 26.2 Å². The van der Waals surface area contributed by atoms with Crippen LogP contribution in [0.25, 0.3) is 10.8 Å². The van der Waals surface area contributed by atoms with Crippen molar-refractivity contribution in [2.75, 3.05) is 25.0 Å². The molecule has 0 fully saturated rings. The minimum Gasteiger partial charge on any atom is -0.373 e. The van der Waals surface area contributed by atoms with Crippen LogP contribution < -0.4 is 16.4 Å². The van der Waals surface area contributed by atoms with Crippen molar-refractivity contribution < 1.29 is 0 Å². The van der Waals surface area contributed by atoms with Crippen LogP contribution in [0.3, 0.4) is 0 Å². The van der Waals surface area contributed by atoms with Gasteiger partial charge in [-0.1, -0.05) is 30.3 Å². The Morgan fingerprint density at radius 1 is 1.12 bits per heavy atom. The summed E-state index contributed by atoms with van der Waals surface area (Å²) in [7, 11) is 2.04. The second-order valence-electron chi connectivity index (χ2n) is 4.41. The lowest BCUT2D eigenvalue weighted by Gasteiger charge is -2.23. The van der Waals surface area contributed by atoms with E-state index in [2.05, 4.69) is 47.4 Å². The summed E-state index contributed by atoms with van der Waals surface area (Å²) >= 11 is 0. The molecule has 0 heterocycles. The first-order valence-corrected chi connectivity index (χ1v) is 5.86. The van der Waals surface area contributed by atoms with Crippen molar-refractivity contribution in [2.45, 2.75) is 6.04 Å². The summed E-state index contributed by atoms with van der Waals surface area (Å²) < 4.78 is 0. The van der Waals surface area contributed by atoms with Gasteiger partial charge in [-0.3, -0.25) is 0 Å². The fourth-order valence-corrected chi connectivity index (χ4v) is 1.95. The van der Waals surface area contributed by atoms with E-state index in [1.807, 2.05) is 7.05 Å². The van der Waals surface area contributed by atoms with Crippen LogP contribution in [0.15, 0.2) is 42.5 Å². The summed E-state index contributed by atoms with van der Waals surface area (Å²) in [6.45, 7) is 1.28. The molecule has 1 unspecified atom stereocenters. The summed E-state index contributed by atoms with van der Waals surface area (Å²) in [5, 5.41) is 2.51. The van der Waals surface area contributed by atoms with E-state index in [1.54, 1.807) is 0 Å². The topological polar surface area (TPSA) is 55.3 Å². The number of hydrogen-bond donors (Lipinski definition) is 2. The average Bonchev–Trinajstić information content (AvgIpc) is 2.38. The molecule has 0 aliphatic heterocycles. The highest BCUT2D eigenvalue weighted by molar-refractivity contribution is 5.85. The quantitative estimate of drug-likeness (QED) is 0.836. The van der Waals surface area contributed by atoms with Crippen molar-refractivity contribution >= 4 is 16.5 Å². The zero-order chi connectivity index (χ0) is 12.3. The number of likely N-dealkylation sites (N-methyl/N-ethyl adjacent to an activating group) is 1. The van der Waals surface area contributed by atoms with Crippen LogP contribution >= 0.6 is 0 Å². The van der Waals surface area contributed by atoms with Crippen LogP contribution in [-0.2, 0) is 0 Å². The first-order valence-electron chi connectivity index (χ1n) is 5.86. The molecule has 4 N–H and O–H groups in total. The highest BCUT2D eigenvalue weighted by Gasteiger charge is 2.06. The van der Waals surface area contributed by atoms with Gasteiger partial charge in [0.05, 0.1) is 0 Å². The van der Waals surface area contributed by atoms with Crippen LogP contribution in [0, 0.1) is 0 Å². The Labute approximate surface area is 102 Å². The number of nitrogens with two attached hydrogens (primary N) is 2. The van der Waals surface area contributed by atoms with Gasteiger partial charge in [-0.2, -0.15) is 0 Å². The first-order chi connectivity index (χ1) is 8.20. The third kappa shape index (κ3) is 2.75. The molecule has 0 amide bonds. The summed E-state index contributed by atoms with van der Waals surface area (Å²) in [5.74, 6) is 0. The van der Waals surface area contributed by atoms with Crippen molar-refractivity contribution in [1.29, 1.82) is 0 Å². The molecule has 3 heteroatoms. The molecule has 2 aromatic carbocycles. The van der Waals surface area contributed by atoms with Crippen molar-refractivity contribution in [1.82, 2.24) is 0 Å². The molecule has 0 bridgehead atoms. The van der Waals surface area contributed by atoms with Gasteiger partial charge in [-0.05, 0) is 22.9 Å². The van der Waals surface area contributed by atoms with E-state index in [1.165, 1.54) is 16.5 Å². The Bertz CT molecular complexity index is 496. The Morgan fingerprint density at radius 3 is 2.53 bits per heavy atom. The summed E-state index contributed by atoms with van der Waals surface area (Å²) in [4.78, 5) is 2.14. The van der Waals surface area contributed by atoms with Gasteiger partial charge >= 0.3 is 0 Å². The molecule has 0 spiro atoms. The van der Waals surface area contributed by atoms with Gasteiger partial charge in [0.2, 0.25) is 0 Å². The molecule has 0 saturated heterocycles. The molecular weight excluding hydrogens is 210 g/mol. The van der Waals surface area contributed by atoms with Crippen molar-refractivity contribution in [3.8, 4) is 0 Å². The van der Waals surface area contributed by atoms with Crippen molar-refractivity contribution in [3.63, 3.8) is 0 Å². The van der Waals surface area contributed by atoms with Gasteiger partial charge in [0.1, 0.15) is 0 Å². The van der Waals surface area contributed by atoms with Gasteiger partial charge in [-0.15, -0.1) is 0 Å². The van der Waals surface area contributed by atoms with Crippen LogP contribution in [0.5, 0.6) is 0 Å². The first kappa shape index (κ1) is 11.9. The maximum atomic E-state index is 5.86. The second-order valence-corrected chi connectivity index (χ2v) is 4.41. The van der Waals surface area contributed by atoms with Gasteiger partial charge < -0.3 is 16.4 Å². The summed E-state index contributed by atoms with van der Waals surface area (Å²) in [6.07, 6.45) is 0. The monoisotopic (exact) mass is 229 g/mol. The number of benzene rings is 2. The third-order valence-corrected chi connectivity index (χ3v) is 2.98. The van der Waals surface area contributed by atoms with Gasteiger partial charge in [0.25, 0.3) is 0 Å². The molecule has 2 rings (SSSR count). The smallest absolute Gasteiger partial charge is 0.0370 e. The SMILES string of the molecule is CN(CC(N)CN)c1ccc2ccccc2c1. The molecule has 1 atom stereocenters. The average molecular weight is 229 g/mol. The maximum Gasteiger partial charge on any atom is 0.0370 e. The van der Waals surface area contributed by atoms with Crippen molar-refractivity contribution in [2.24, 2.45) is 11.5 Å². The largest absolute Gasteiger partial charge is 0.373 e. The van der Waals surface area contributed by atoms with Gasteiger partial charge in [-0.25, -0.2) is 0 Å². The second kappa shape index (κ2) is 5.17.